The van der Waals surface area contributed by atoms with E-state index in [0.29, 0.717) is 6.04 Å². The second-order valence-electron chi connectivity index (χ2n) is 3.92. The largest absolute Gasteiger partial charge is 0.301 e. The Labute approximate surface area is 70.2 Å². The lowest BCUT2D eigenvalue weighted by Gasteiger charge is -2.39. The second-order valence-corrected chi connectivity index (χ2v) is 3.92. The maximum Gasteiger partial charge on any atom is 0.0192 e. The molecule has 0 amide bonds. The third-order valence-electron chi connectivity index (χ3n) is 2.72. The Bertz CT molecular complexity index is 123. The van der Waals surface area contributed by atoms with E-state index in [2.05, 4.69) is 37.6 Å². The zero-order valence-corrected chi connectivity index (χ0v) is 8.17. The van der Waals surface area contributed by atoms with Crippen molar-refractivity contribution in [2.45, 2.75) is 32.9 Å². The van der Waals surface area contributed by atoms with Crippen molar-refractivity contribution >= 4 is 0 Å². The molecule has 2 heteroatoms. The summed E-state index contributed by atoms with van der Waals surface area (Å²) in [7, 11) is 2.21. The third-order valence-corrected chi connectivity index (χ3v) is 2.72. The van der Waals surface area contributed by atoms with Crippen LogP contribution in [0.1, 0.15) is 20.8 Å². The van der Waals surface area contributed by atoms with Crippen LogP contribution < -0.4 is 0 Å². The van der Waals surface area contributed by atoms with Crippen molar-refractivity contribution in [2.24, 2.45) is 0 Å². The monoisotopic (exact) mass is 156 g/mol. The molecule has 0 aromatic rings. The van der Waals surface area contributed by atoms with Crippen LogP contribution in [0.4, 0.5) is 0 Å². The van der Waals surface area contributed by atoms with E-state index in [1.165, 1.54) is 19.6 Å². The molecule has 0 saturated carbocycles. The topological polar surface area (TPSA) is 6.48 Å². The Morgan fingerprint density at radius 2 is 1.91 bits per heavy atom. The Kier molecular flexibility index (Phi) is 2.90. The molecule has 2 nitrogen and oxygen atoms in total. The van der Waals surface area contributed by atoms with Crippen molar-refractivity contribution in [1.82, 2.24) is 9.80 Å². The lowest BCUT2D eigenvalue weighted by atomic mass is 10.2. The smallest absolute Gasteiger partial charge is 0.0192 e. The van der Waals surface area contributed by atoms with Gasteiger partial charge in [0.05, 0.1) is 0 Å². The highest BCUT2D eigenvalue weighted by atomic mass is 15.3. The Morgan fingerprint density at radius 1 is 1.27 bits per heavy atom. The number of likely N-dealkylation sites (N-methyl/N-ethyl adjacent to an activating group) is 1. The summed E-state index contributed by atoms with van der Waals surface area (Å²) in [5.41, 5.74) is 0. The Hall–Kier alpha value is -0.0800. The van der Waals surface area contributed by atoms with Crippen molar-refractivity contribution < 1.29 is 0 Å². The van der Waals surface area contributed by atoms with E-state index in [9.17, 15) is 0 Å². The van der Waals surface area contributed by atoms with Crippen LogP contribution in [-0.2, 0) is 0 Å². The zero-order valence-electron chi connectivity index (χ0n) is 8.17. The quantitative estimate of drug-likeness (QED) is 0.559. The third kappa shape index (κ3) is 2.17. The van der Waals surface area contributed by atoms with Crippen LogP contribution in [-0.4, -0.2) is 48.6 Å². The van der Waals surface area contributed by atoms with Gasteiger partial charge in [-0.1, -0.05) is 0 Å². The van der Waals surface area contributed by atoms with Crippen LogP contribution in [0, 0.1) is 0 Å². The fourth-order valence-corrected chi connectivity index (χ4v) is 1.55. The molecule has 1 fully saturated rings. The van der Waals surface area contributed by atoms with Crippen molar-refractivity contribution in [3.63, 3.8) is 0 Å². The number of nitrogens with zero attached hydrogens (tertiary/aromatic N) is 2. The van der Waals surface area contributed by atoms with Gasteiger partial charge in [-0.25, -0.2) is 0 Å². The highest BCUT2D eigenvalue weighted by Gasteiger charge is 2.21. The average molecular weight is 156 g/mol. The minimum atomic E-state index is 0.714. The summed E-state index contributed by atoms with van der Waals surface area (Å²) in [6.07, 6.45) is 0. The van der Waals surface area contributed by atoms with Crippen molar-refractivity contribution in [3.05, 3.63) is 0 Å². The Balaban J connectivity index is 2.40. The van der Waals surface area contributed by atoms with Gasteiger partial charge in [0.1, 0.15) is 0 Å². The van der Waals surface area contributed by atoms with Gasteiger partial charge in [-0.2, -0.15) is 0 Å². The summed E-state index contributed by atoms with van der Waals surface area (Å²) >= 11 is 0. The first-order valence-electron chi connectivity index (χ1n) is 4.55. The van der Waals surface area contributed by atoms with Gasteiger partial charge in [-0.15, -0.1) is 0 Å². The van der Waals surface area contributed by atoms with Crippen LogP contribution >= 0.6 is 0 Å². The molecule has 0 aliphatic carbocycles. The van der Waals surface area contributed by atoms with Gasteiger partial charge in [-0.05, 0) is 27.8 Å². The molecule has 1 saturated heterocycles. The summed E-state index contributed by atoms with van der Waals surface area (Å²) in [6, 6.07) is 1.44. The highest BCUT2D eigenvalue weighted by molar-refractivity contribution is 4.78. The van der Waals surface area contributed by atoms with Gasteiger partial charge in [0.15, 0.2) is 0 Å². The van der Waals surface area contributed by atoms with Gasteiger partial charge < -0.3 is 4.90 Å². The molecule has 1 unspecified atom stereocenters. The molecule has 0 N–H and O–H groups in total. The molecular formula is C9H20N2. The number of hydrogen-bond acceptors (Lipinski definition) is 2. The Morgan fingerprint density at radius 3 is 2.36 bits per heavy atom. The van der Waals surface area contributed by atoms with Gasteiger partial charge >= 0.3 is 0 Å². The molecule has 1 heterocycles. The van der Waals surface area contributed by atoms with E-state index in [-0.39, 0.29) is 0 Å². The molecule has 66 valence electrons. The normalized spacial score (nSPS) is 29.7. The first kappa shape index (κ1) is 9.01. The van der Waals surface area contributed by atoms with Gasteiger partial charge in [0, 0.05) is 31.7 Å². The van der Waals surface area contributed by atoms with Crippen molar-refractivity contribution in [3.8, 4) is 0 Å². The molecule has 0 bridgehead atoms. The molecule has 0 radical (unpaired) electrons. The van der Waals surface area contributed by atoms with Gasteiger partial charge in [0.2, 0.25) is 0 Å². The fraction of sp³-hybridized carbons (Fsp3) is 1.00. The first-order valence-corrected chi connectivity index (χ1v) is 4.55. The van der Waals surface area contributed by atoms with Crippen LogP contribution in [0.3, 0.4) is 0 Å². The minimum absolute atomic E-state index is 0.714. The van der Waals surface area contributed by atoms with E-state index in [1.54, 1.807) is 0 Å². The lowest BCUT2D eigenvalue weighted by molar-refractivity contribution is 0.0832. The minimum Gasteiger partial charge on any atom is -0.301 e. The SMILES string of the molecule is CC1CN(C(C)C)CCN1C. The second kappa shape index (κ2) is 3.55. The molecule has 1 rings (SSSR count). The van der Waals surface area contributed by atoms with Gasteiger partial charge in [-0.3, -0.25) is 4.90 Å². The lowest BCUT2D eigenvalue weighted by Crippen LogP contribution is -2.52. The molecule has 0 aromatic heterocycles. The van der Waals surface area contributed by atoms with Crippen molar-refractivity contribution in [1.29, 1.82) is 0 Å². The molecule has 0 spiro atoms. The van der Waals surface area contributed by atoms with Gasteiger partial charge in [0.25, 0.3) is 0 Å². The van der Waals surface area contributed by atoms with E-state index < -0.39 is 0 Å². The van der Waals surface area contributed by atoms with E-state index in [1.807, 2.05) is 0 Å². The maximum absolute atomic E-state index is 2.55. The zero-order chi connectivity index (χ0) is 8.43. The summed E-state index contributed by atoms with van der Waals surface area (Å²) in [6.45, 7) is 10.5. The molecule has 11 heavy (non-hydrogen) atoms. The predicted octanol–water partition coefficient (Wildman–Crippen LogP) is 1.03. The predicted molar refractivity (Wildman–Crippen MR) is 48.8 cm³/mol. The van der Waals surface area contributed by atoms with E-state index in [0.717, 1.165) is 6.04 Å². The van der Waals surface area contributed by atoms with E-state index in [4.69, 9.17) is 0 Å². The summed E-state index contributed by atoms with van der Waals surface area (Å²) in [5, 5.41) is 0. The molecule has 1 aliphatic heterocycles. The van der Waals surface area contributed by atoms with Crippen LogP contribution in [0.2, 0.25) is 0 Å². The first-order chi connectivity index (χ1) is 5.11. The molecule has 1 aliphatic rings. The summed E-state index contributed by atoms with van der Waals surface area (Å²) < 4.78 is 0. The van der Waals surface area contributed by atoms with E-state index >= 15 is 0 Å². The number of piperazine rings is 1. The van der Waals surface area contributed by atoms with Crippen LogP contribution in [0.25, 0.3) is 0 Å². The maximum atomic E-state index is 2.55. The van der Waals surface area contributed by atoms with Crippen LogP contribution in [0.15, 0.2) is 0 Å². The fourth-order valence-electron chi connectivity index (χ4n) is 1.55. The highest BCUT2D eigenvalue weighted by Crippen LogP contribution is 2.09. The van der Waals surface area contributed by atoms with Crippen LogP contribution in [0.5, 0.6) is 0 Å². The summed E-state index contributed by atoms with van der Waals surface area (Å²) in [5.74, 6) is 0. The molecule has 1 atom stereocenters. The van der Waals surface area contributed by atoms with Crippen molar-refractivity contribution in [2.75, 3.05) is 26.7 Å². The average Bonchev–Trinajstić information content (AvgIpc) is 1.94. The standard InChI is InChI=1S/C9H20N2/c1-8(2)11-6-5-10(4)9(3)7-11/h8-9H,5-7H2,1-4H3. The molecule has 0 aromatic carbocycles. The molecular weight excluding hydrogens is 136 g/mol. The number of rotatable bonds is 1. The number of hydrogen-bond donors (Lipinski definition) is 0. The summed E-state index contributed by atoms with van der Waals surface area (Å²) in [4.78, 5) is 4.98.